The first-order valence-corrected chi connectivity index (χ1v) is 9.72. The second-order valence-electron chi connectivity index (χ2n) is 7.50. The van der Waals surface area contributed by atoms with Crippen molar-refractivity contribution in [3.8, 4) is 0 Å². The Morgan fingerprint density at radius 1 is 1.08 bits per heavy atom. The fourth-order valence-electron chi connectivity index (χ4n) is 2.49. The Bertz CT molecular complexity index is 732. The Hall–Kier alpha value is -2.14. The third kappa shape index (κ3) is 6.30. The predicted octanol–water partition coefficient (Wildman–Crippen LogP) is 3.79. The van der Waals surface area contributed by atoms with Crippen molar-refractivity contribution >= 4 is 23.2 Å². The van der Waals surface area contributed by atoms with E-state index in [1.165, 1.54) is 10.4 Å². The molecule has 0 spiro atoms. The van der Waals surface area contributed by atoms with E-state index in [1.807, 2.05) is 43.9 Å². The zero-order valence-electron chi connectivity index (χ0n) is 16.0. The van der Waals surface area contributed by atoms with Crippen molar-refractivity contribution in [2.24, 2.45) is 5.41 Å². The standard InChI is InChI=1S/C21H28N2O2S/c1-16-10-11-18(26-16)15-23(13-12-17-8-6-5-7-9-17)19(24)14-22-20(25)21(2,3)4/h5-11H,12-15H2,1-4H3,(H,22,25). The number of thiophene rings is 1. The predicted molar refractivity (Wildman–Crippen MR) is 107 cm³/mol. The van der Waals surface area contributed by atoms with E-state index < -0.39 is 5.41 Å². The van der Waals surface area contributed by atoms with Gasteiger partial charge in [-0.15, -0.1) is 11.3 Å². The molecular weight excluding hydrogens is 344 g/mol. The van der Waals surface area contributed by atoms with E-state index in [1.54, 1.807) is 11.3 Å². The summed E-state index contributed by atoms with van der Waals surface area (Å²) in [5.74, 6) is -0.162. The molecule has 1 aromatic carbocycles. The van der Waals surface area contributed by atoms with Crippen molar-refractivity contribution in [3.05, 3.63) is 57.8 Å². The summed E-state index contributed by atoms with van der Waals surface area (Å²) in [5.41, 5.74) is 0.700. The van der Waals surface area contributed by atoms with Crippen LogP contribution in [0.2, 0.25) is 0 Å². The fraction of sp³-hybridized carbons (Fsp3) is 0.429. The lowest BCUT2D eigenvalue weighted by Crippen LogP contribution is -2.43. The summed E-state index contributed by atoms with van der Waals surface area (Å²) in [6.07, 6.45) is 0.796. The van der Waals surface area contributed by atoms with Crippen LogP contribution in [0.1, 0.15) is 36.1 Å². The number of aryl methyl sites for hydroxylation is 1. The molecule has 2 amide bonds. The van der Waals surface area contributed by atoms with Crippen molar-refractivity contribution in [2.45, 2.75) is 40.7 Å². The molecule has 2 aromatic rings. The van der Waals surface area contributed by atoms with Gasteiger partial charge in [-0.2, -0.15) is 0 Å². The molecule has 0 radical (unpaired) electrons. The van der Waals surface area contributed by atoms with Gasteiger partial charge in [0.05, 0.1) is 13.1 Å². The molecular formula is C21H28N2O2S. The number of hydrogen-bond donors (Lipinski definition) is 1. The number of carbonyl (C=O) groups excluding carboxylic acids is 2. The van der Waals surface area contributed by atoms with E-state index >= 15 is 0 Å². The van der Waals surface area contributed by atoms with E-state index in [2.05, 4.69) is 36.5 Å². The summed E-state index contributed by atoms with van der Waals surface area (Å²) < 4.78 is 0. The van der Waals surface area contributed by atoms with Gasteiger partial charge in [0.15, 0.2) is 0 Å². The van der Waals surface area contributed by atoms with Crippen molar-refractivity contribution < 1.29 is 9.59 Å². The van der Waals surface area contributed by atoms with E-state index in [9.17, 15) is 9.59 Å². The van der Waals surface area contributed by atoms with E-state index in [0.29, 0.717) is 13.1 Å². The summed E-state index contributed by atoms with van der Waals surface area (Å²) in [5, 5.41) is 2.77. The van der Waals surface area contributed by atoms with Gasteiger partial charge in [0.2, 0.25) is 11.8 Å². The molecule has 1 N–H and O–H groups in total. The van der Waals surface area contributed by atoms with Gasteiger partial charge in [0, 0.05) is 21.7 Å². The minimum Gasteiger partial charge on any atom is -0.347 e. The van der Waals surface area contributed by atoms with Crippen LogP contribution in [0.4, 0.5) is 0 Å². The maximum Gasteiger partial charge on any atom is 0.242 e. The molecule has 1 heterocycles. The van der Waals surface area contributed by atoms with Crippen LogP contribution in [0.3, 0.4) is 0 Å². The van der Waals surface area contributed by atoms with E-state index in [4.69, 9.17) is 0 Å². The van der Waals surface area contributed by atoms with Crippen LogP contribution < -0.4 is 5.32 Å². The van der Waals surface area contributed by atoms with Crippen LogP contribution in [0, 0.1) is 12.3 Å². The van der Waals surface area contributed by atoms with E-state index in [-0.39, 0.29) is 18.4 Å². The lowest BCUT2D eigenvalue weighted by atomic mass is 9.96. The van der Waals surface area contributed by atoms with Gasteiger partial charge < -0.3 is 10.2 Å². The quantitative estimate of drug-likeness (QED) is 0.804. The summed E-state index contributed by atoms with van der Waals surface area (Å²) in [6.45, 7) is 8.83. The van der Waals surface area contributed by atoms with Crippen LogP contribution >= 0.6 is 11.3 Å². The number of amides is 2. The maximum absolute atomic E-state index is 12.7. The van der Waals surface area contributed by atoms with Gasteiger partial charge in [0.1, 0.15) is 0 Å². The fourth-order valence-corrected chi connectivity index (χ4v) is 3.40. The highest BCUT2D eigenvalue weighted by atomic mass is 32.1. The summed E-state index contributed by atoms with van der Waals surface area (Å²) in [6, 6.07) is 14.3. The zero-order valence-corrected chi connectivity index (χ0v) is 16.9. The number of rotatable bonds is 7. The second-order valence-corrected chi connectivity index (χ2v) is 8.87. The molecule has 0 unspecified atom stereocenters. The molecule has 0 aliphatic carbocycles. The van der Waals surface area contributed by atoms with Gasteiger partial charge in [-0.25, -0.2) is 0 Å². The van der Waals surface area contributed by atoms with Crippen LogP contribution in [0.25, 0.3) is 0 Å². The molecule has 26 heavy (non-hydrogen) atoms. The van der Waals surface area contributed by atoms with Crippen molar-refractivity contribution in [2.75, 3.05) is 13.1 Å². The summed E-state index contributed by atoms with van der Waals surface area (Å²) >= 11 is 1.70. The molecule has 0 saturated carbocycles. The van der Waals surface area contributed by atoms with Crippen molar-refractivity contribution in [1.82, 2.24) is 10.2 Å². The van der Waals surface area contributed by atoms with Gasteiger partial charge in [0.25, 0.3) is 0 Å². The maximum atomic E-state index is 12.7. The van der Waals surface area contributed by atoms with Gasteiger partial charge in [-0.1, -0.05) is 51.1 Å². The van der Waals surface area contributed by atoms with Crippen LogP contribution in [0.5, 0.6) is 0 Å². The second kappa shape index (κ2) is 8.99. The highest BCUT2D eigenvalue weighted by molar-refractivity contribution is 7.11. The monoisotopic (exact) mass is 372 g/mol. The number of carbonyl (C=O) groups is 2. The normalized spacial score (nSPS) is 11.2. The smallest absolute Gasteiger partial charge is 0.242 e. The average molecular weight is 373 g/mol. The van der Waals surface area contributed by atoms with Crippen LogP contribution in [-0.2, 0) is 22.6 Å². The van der Waals surface area contributed by atoms with Gasteiger partial charge in [-0.3, -0.25) is 9.59 Å². The Morgan fingerprint density at radius 2 is 1.77 bits per heavy atom. The Balaban J connectivity index is 2.01. The highest BCUT2D eigenvalue weighted by Gasteiger charge is 2.23. The van der Waals surface area contributed by atoms with Gasteiger partial charge >= 0.3 is 0 Å². The Kier molecular flexibility index (Phi) is 6.98. The van der Waals surface area contributed by atoms with E-state index in [0.717, 1.165) is 11.3 Å². The summed E-state index contributed by atoms with van der Waals surface area (Å²) in [7, 11) is 0. The first-order chi connectivity index (χ1) is 12.3. The molecule has 0 fully saturated rings. The largest absolute Gasteiger partial charge is 0.347 e. The number of nitrogens with zero attached hydrogens (tertiary/aromatic N) is 1. The molecule has 0 atom stereocenters. The molecule has 0 aliphatic heterocycles. The van der Waals surface area contributed by atoms with Gasteiger partial charge in [-0.05, 0) is 31.0 Å². The number of benzene rings is 1. The van der Waals surface area contributed by atoms with Crippen molar-refractivity contribution in [3.63, 3.8) is 0 Å². The number of nitrogens with one attached hydrogen (secondary N) is 1. The first kappa shape index (κ1) is 20.2. The molecule has 5 heteroatoms. The zero-order chi connectivity index (χ0) is 19.2. The molecule has 140 valence electrons. The topological polar surface area (TPSA) is 49.4 Å². The summed E-state index contributed by atoms with van der Waals surface area (Å²) in [4.78, 5) is 29.0. The molecule has 1 aromatic heterocycles. The molecule has 0 saturated heterocycles. The average Bonchev–Trinajstić information content (AvgIpc) is 3.01. The highest BCUT2D eigenvalue weighted by Crippen LogP contribution is 2.18. The third-order valence-corrected chi connectivity index (χ3v) is 5.08. The Labute approximate surface area is 160 Å². The minimum atomic E-state index is -0.500. The van der Waals surface area contributed by atoms with Crippen molar-refractivity contribution in [1.29, 1.82) is 0 Å². The lowest BCUT2D eigenvalue weighted by Gasteiger charge is -2.24. The minimum absolute atomic E-state index is 0.0370. The first-order valence-electron chi connectivity index (χ1n) is 8.91. The molecule has 0 aliphatic rings. The number of hydrogen-bond acceptors (Lipinski definition) is 3. The molecule has 4 nitrogen and oxygen atoms in total. The van der Waals surface area contributed by atoms with Crippen LogP contribution in [-0.4, -0.2) is 29.8 Å². The third-order valence-electron chi connectivity index (χ3n) is 4.09. The lowest BCUT2D eigenvalue weighted by molar-refractivity contribution is -0.135. The Morgan fingerprint density at radius 3 is 2.35 bits per heavy atom. The SMILES string of the molecule is Cc1ccc(CN(CCc2ccccc2)C(=O)CNC(=O)C(C)(C)C)s1. The van der Waals surface area contributed by atoms with Crippen LogP contribution in [0.15, 0.2) is 42.5 Å². The molecule has 0 bridgehead atoms. The molecule has 2 rings (SSSR count).